The van der Waals surface area contributed by atoms with Gasteiger partial charge in [0.25, 0.3) is 0 Å². The zero-order valence-corrected chi connectivity index (χ0v) is 11.7. The molecule has 1 aromatic carbocycles. The molecule has 4 N–H and O–H groups in total. The predicted octanol–water partition coefficient (Wildman–Crippen LogP) is 1.85. The monoisotopic (exact) mass is 261 g/mol. The van der Waals surface area contributed by atoms with Crippen molar-refractivity contribution in [2.24, 2.45) is 17.6 Å². The number of nitrogens with two attached hydrogens (primary N) is 2. The molecule has 104 valence electrons. The van der Waals surface area contributed by atoms with Gasteiger partial charge in [-0.25, -0.2) is 0 Å². The van der Waals surface area contributed by atoms with Crippen molar-refractivity contribution in [1.82, 2.24) is 4.90 Å². The Morgan fingerprint density at radius 1 is 1.32 bits per heavy atom. The van der Waals surface area contributed by atoms with Gasteiger partial charge in [0.15, 0.2) is 0 Å². The van der Waals surface area contributed by atoms with Crippen LogP contribution in [0.4, 0.5) is 5.69 Å². The second-order valence-electron chi connectivity index (χ2n) is 5.92. The summed E-state index contributed by atoms with van der Waals surface area (Å²) in [5, 5.41) is 0. The average Bonchev–Trinajstić information content (AvgIpc) is 2.30. The third-order valence-corrected chi connectivity index (χ3v) is 3.77. The molecule has 0 spiro atoms. The van der Waals surface area contributed by atoms with Crippen molar-refractivity contribution < 1.29 is 4.79 Å². The molecular weight excluding hydrogens is 238 g/mol. The van der Waals surface area contributed by atoms with Gasteiger partial charge in [0.05, 0.1) is 0 Å². The molecule has 1 aromatic rings. The molecule has 4 nitrogen and oxygen atoms in total. The molecule has 1 aliphatic rings. The van der Waals surface area contributed by atoms with E-state index in [2.05, 4.69) is 18.7 Å². The van der Waals surface area contributed by atoms with Gasteiger partial charge in [-0.1, -0.05) is 19.9 Å². The number of likely N-dealkylation sites (tertiary alicyclic amines) is 1. The van der Waals surface area contributed by atoms with Gasteiger partial charge in [-0.05, 0) is 36.0 Å². The molecular formula is C15H23N3O. The summed E-state index contributed by atoms with van der Waals surface area (Å²) < 4.78 is 0. The number of carbonyl (C=O) groups excluding carboxylic acids is 1. The summed E-state index contributed by atoms with van der Waals surface area (Å²) in [6, 6.07) is 5.35. The quantitative estimate of drug-likeness (QED) is 0.816. The van der Waals surface area contributed by atoms with Crippen molar-refractivity contribution in [3.8, 4) is 0 Å². The van der Waals surface area contributed by atoms with Gasteiger partial charge in [0, 0.05) is 30.9 Å². The molecule has 19 heavy (non-hydrogen) atoms. The number of primary amides is 1. The Balaban J connectivity index is 2.08. The minimum absolute atomic E-state index is 0.432. The number of rotatable bonds is 3. The smallest absolute Gasteiger partial charge is 0.248 e. The van der Waals surface area contributed by atoms with Crippen LogP contribution >= 0.6 is 0 Å². The number of carbonyl (C=O) groups is 1. The van der Waals surface area contributed by atoms with Crippen LogP contribution in [-0.4, -0.2) is 23.9 Å². The number of anilines is 1. The van der Waals surface area contributed by atoms with Gasteiger partial charge in [0.1, 0.15) is 0 Å². The minimum Gasteiger partial charge on any atom is -0.398 e. The number of hydrogen-bond donors (Lipinski definition) is 2. The molecule has 0 radical (unpaired) electrons. The molecule has 0 aliphatic carbocycles. The summed E-state index contributed by atoms with van der Waals surface area (Å²) in [6.45, 7) is 7.66. The highest BCUT2D eigenvalue weighted by molar-refractivity contribution is 5.93. The van der Waals surface area contributed by atoms with Crippen LogP contribution in [0.25, 0.3) is 0 Å². The Bertz CT molecular complexity index is 462. The number of nitrogen functional groups attached to an aromatic ring is 1. The van der Waals surface area contributed by atoms with E-state index in [1.807, 2.05) is 6.07 Å². The topological polar surface area (TPSA) is 72.3 Å². The van der Waals surface area contributed by atoms with E-state index in [0.29, 0.717) is 11.3 Å². The number of benzene rings is 1. The zero-order chi connectivity index (χ0) is 14.0. The number of amides is 1. The predicted molar refractivity (Wildman–Crippen MR) is 77.6 cm³/mol. The van der Waals surface area contributed by atoms with Crippen LogP contribution in [-0.2, 0) is 6.54 Å². The number of nitrogens with zero attached hydrogens (tertiary/aromatic N) is 1. The van der Waals surface area contributed by atoms with Crippen LogP contribution in [0.2, 0.25) is 0 Å². The van der Waals surface area contributed by atoms with E-state index in [1.165, 1.54) is 6.42 Å². The third kappa shape index (κ3) is 3.47. The van der Waals surface area contributed by atoms with E-state index in [0.717, 1.165) is 37.0 Å². The lowest BCUT2D eigenvalue weighted by molar-refractivity contribution is 0.100. The highest BCUT2D eigenvalue weighted by atomic mass is 16.1. The fourth-order valence-electron chi connectivity index (χ4n) is 3.05. The van der Waals surface area contributed by atoms with Crippen molar-refractivity contribution in [3.05, 3.63) is 29.3 Å². The molecule has 0 aromatic heterocycles. The lowest BCUT2D eigenvalue weighted by Gasteiger charge is -2.35. The molecule has 1 fully saturated rings. The van der Waals surface area contributed by atoms with Crippen LogP contribution in [0.3, 0.4) is 0 Å². The van der Waals surface area contributed by atoms with Crippen molar-refractivity contribution in [3.63, 3.8) is 0 Å². The Hall–Kier alpha value is -1.55. The molecule has 1 saturated heterocycles. The highest BCUT2D eigenvalue weighted by Gasteiger charge is 2.22. The van der Waals surface area contributed by atoms with Crippen LogP contribution in [0.5, 0.6) is 0 Å². The molecule has 0 saturated carbocycles. The molecule has 1 aliphatic heterocycles. The fraction of sp³-hybridized carbons (Fsp3) is 0.533. The second-order valence-corrected chi connectivity index (χ2v) is 5.92. The average molecular weight is 261 g/mol. The molecule has 2 unspecified atom stereocenters. The van der Waals surface area contributed by atoms with E-state index in [1.54, 1.807) is 12.1 Å². The van der Waals surface area contributed by atoms with E-state index in [9.17, 15) is 4.79 Å². The van der Waals surface area contributed by atoms with Crippen LogP contribution in [0.15, 0.2) is 18.2 Å². The van der Waals surface area contributed by atoms with Crippen LogP contribution in [0, 0.1) is 11.8 Å². The Labute approximate surface area is 114 Å². The van der Waals surface area contributed by atoms with Gasteiger partial charge >= 0.3 is 0 Å². The summed E-state index contributed by atoms with van der Waals surface area (Å²) in [5.41, 5.74) is 13.5. The molecule has 1 heterocycles. The van der Waals surface area contributed by atoms with Crippen molar-refractivity contribution in [2.45, 2.75) is 26.8 Å². The first-order valence-electron chi connectivity index (χ1n) is 6.86. The molecule has 2 atom stereocenters. The summed E-state index contributed by atoms with van der Waals surface area (Å²) in [7, 11) is 0. The first kappa shape index (κ1) is 13.9. The second kappa shape index (κ2) is 5.61. The SMILES string of the molecule is CC1CC(C)CN(Cc2ccc(C(N)=O)cc2N)C1. The summed E-state index contributed by atoms with van der Waals surface area (Å²) in [4.78, 5) is 13.5. The highest BCUT2D eigenvalue weighted by Crippen LogP contribution is 2.24. The zero-order valence-electron chi connectivity index (χ0n) is 11.7. The molecule has 2 rings (SSSR count). The van der Waals surface area contributed by atoms with Crippen LogP contribution in [0.1, 0.15) is 36.2 Å². The lowest BCUT2D eigenvalue weighted by Crippen LogP contribution is -2.38. The van der Waals surface area contributed by atoms with Gasteiger partial charge in [0.2, 0.25) is 5.91 Å². The van der Waals surface area contributed by atoms with E-state index >= 15 is 0 Å². The summed E-state index contributed by atoms with van der Waals surface area (Å²) >= 11 is 0. The Morgan fingerprint density at radius 3 is 2.47 bits per heavy atom. The van der Waals surface area contributed by atoms with Gasteiger partial charge in [-0.15, -0.1) is 0 Å². The summed E-state index contributed by atoms with van der Waals surface area (Å²) in [6.07, 6.45) is 1.30. The number of hydrogen-bond acceptors (Lipinski definition) is 3. The number of piperidine rings is 1. The Morgan fingerprint density at radius 2 is 1.95 bits per heavy atom. The van der Waals surface area contributed by atoms with E-state index in [4.69, 9.17) is 11.5 Å². The van der Waals surface area contributed by atoms with Crippen molar-refractivity contribution in [1.29, 1.82) is 0 Å². The molecule has 0 bridgehead atoms. The van der Waals surface area contributed by atoms with Crippen LogP contribution < -0.4 is 11.5 Å². The normalized spacial score (nSPS) is 24.3. The molecule has 1 amide bonds. The van der Waals surface area contributed by atoms with E-state index < -0.39 is 5.91 Å². The van der Waals surface area contributed by atoms with Gasteiger partial charge < -0.3 is 11.5 Å². The maximum absolute atomic E-state index is 11.1. The first-order chi connectivity index (χ1) is 8.95. The minimum atomic E-state index is -0.432. The first-order valence-corrected chi connectivity index (χ1v) is 6.86. The summed E-state index contributed by atoms with van der Waals surface area (Å²) in [5.74, 6) is 1.03. The maximum atomic E-state index is 11.1. The lowest BCUT2D eigenvalue weighted by atomic mass is 9.91. The Kier molecular flexibility index (Phi) is 4.10. The maximum Gasteiger partial charge on any atom is 0.248 e. The van der Waals surface area contributed by atoms with Crippen molar-refractivity contribution in [2.75, 3.05) is 18.8 Å². The van der Waals surface area contributed by atoms with E-state index in [-0.39, 0.29) is 0 Å². The largest absolute Gasteiger partial charge is 0.398 e. The third-order valence-electron chi connectivity index (χ3n) is 3.77. The van der Waals surface area contributed by atoms with Gasteiger partial charge in [-0.2, -0.15) is 0 Å². The molecule has 4 heteroatoms. The van der Waals surface area contributed by atoms with Gasteiger partial charge in [-0.3, -0.25) is 9.69 Å². The standard InChI is InChI=1S/C15H23N3O/c1-10-5-11(2)8-18(7-10)9-13-4-3-12(15(17)19)6-14(13)16/h3-4,6,10-11H,5,7-9,16H2,1-2H3,(H2,17,19). The fourth-order valence-corrected chi connectivity index (χ4v) is 3.05. The van der Waals surface area contributed by atoms with Crippen molar-refractivity contribution >= 4 is 11.6 Å².